The summed E-state index contributed by atoms with van der Waals surface area (Å²) in [5.74, 6) is 2.71. The molecule has 1 fully saturated rings. The van der Waals surface area contributed by atoms with Crippen molar-refractivity contribution >= 4 is 17.9 Å². The summed E-state index contributed by atoms with van der Waals surface area (Å²) in [6.45, 7) is 9.64. The fourth-order valence-corrected chi connectivity index (χ4v) is 8.87. The Morgan fingerprint density at radius 1 is 0.917 bits per heavy atom. The van der Waals surface area contributed by atoms with Crippen molar-refractivity contribution in [2.24, 2.45) is 5.92 Å². The van der Waals surface area contributed by atoms with Gasteiger partial charge in [-0.15, -0.1) is 0 Å². The molecule has 1 unspecified atom stereocenters. The zero-order chi connectivity index (χ0) is 42.2. The van der Waals surface area contributed by atoms with Crippen LogP contribution in [-0.4, -0.2) is 92.9 Å². The van der Waals surface area contributed by atoms with Gasteiger partial charge in [0, 0.05) is 46.5 Å². The number of nitrogens with zero attached hydrogens (tertiary/aromatic N) is 5. The fourth-order valence-electron chi connectivity index (χ4n) is 8.87. The van der Waals surface area contributed by atoms with E-state index in [9.17, 15) is 14.4 Å². The first kappa shape index (κ1) is 40.6. The van der Waals surface area contributed by atoms with Crippen molar-refractivity contribution in [2.75, 3.05) is 34.3 Å². The van der Waals surface area contributed by atoms with Crippen molar-refractivity contribution in [3.05, 3.63) is 95.3 Å². The first-order chi connectivity index (χ1) is 29.0. The van der Waals surface area contributed by atoms with Crippen molar-refractivity contribution in [2.45, 2.75) is 84.3 Å². The van der Waals surface area contributed by atoms with Gasteiger partial charge >= 0.3 is 6.09 Å². The van der Waals surface area contributed by atoms with E-state index in [0.29, 0.717) is 32.1 Å². The first-order valence-electron chi connectivity index (χ1n) is 20.8. The van der Waals surface area contributed by atoms with Gasteiger partial charge in [0.25, 0.3) is 0 Å². The van der Waals surface area contributed by atoms with E-state index < -0.39 is 12.1 Å². The maximum absolute atomic E-state index is 14.1. The third-order valence-corrected chi connectivity index (χ3v) is 11.9. The second kappa shape index (κ2) is 16.8. The summed E-state index contributed by atoms with van der Waals surface area (Å²) in [5, 5.41) is 2.71. The van der Waals surface area contributed by atoms with Gasteiger partial charge in [-0.1, -0.05) is 51.1 Å². The molecule has 5 heterocycles. The summed E-state index contributed by atoms with van der Waals surface area (Å²) >= 11 is 0. The van der Waals surface area contributed by atoms with Crippen LogP contribution in [0.15, 0.2) is 67.0 Å². The molecule has 0 bridgehead atoms. The minimum atomic E-state index is -0.741. The van der Waals surface area contributed by atoms with Crippen molar-refractivity contribution in [3.8, 4) is 45.1 Å². The largest absolute Gasteiger partial charge is 0.488 e. The highest BCUT2D eigenvalue weighted by molar-refractivity contribution is 5.89. The number of benzene rings is 3. The predicted molar refractivity (Wildman–Crippen MR) is 227 cm³/mol. The van der Waals surface area contributed by atoms with Crippen LogP contribution < -0.4 is 14.8 Å². The molecule has 3 aliphatic heterocycles. The van der Waals surface area contributed by atoms with Crippen molar-refractivity contribution in [3.63, 3.8) is 0 Å². The van der Waals surface area contributed by atoms with Gasteiger partial charge in [-0.05, 0) is 76.0 Å². The molecule has 0 radical (unpaired) electrons. The van der Waals surface area contributed by atoms with E-state index in [1.807, 2.05) is 94.2 Å². The van der Waals surface area contributed by atoms with Gasteiger partial charge in [-0.3, -0.25) is 14.5 Å². The molecule has 8 rings (SSSR count). The lowest BCUT2D eigenvalue weighted by atomic mass is 9.87. The van der Waals surface area contributed by atoms with Gasteiger partial charge < -0.3 is 39.3 Å². The number of H-pyrrole nitrogens is 2. The van der Waals surface area contributed by atoms with E-state index in [0.717, 1.165) is 86.9 Å². The Kier molecular flexibility index (Phi) is 11.4. The number of carbonyl (C=O) groups excluding carboxylic acids is 3. The lowest BCUT2D eigenvalue weighted by molar-refractivity contribution is -0.138. The van der Waals surface area contributed by atoms with Gasteiger partial charge in [0.15, 0.2) is 0 Å². The van der Waals surface area contributed by atoms with Crippen LogP contribution in [-0.2, 0) is 27.5 Å². The first-order valence-corrected chi connectivity index (χ1v) is 20.8. The molecule has 3 aromatic carbocycles. The van der Waals surface area contributed by atoms with E-state index in [-0.39, 0.29) is 35.9 Å². The Labute approximate surface area is 350 Å². The monoisotopic (exact) mass is 814 g/mol. The zero-order valence-electron chi connectivity index (χ0n) is 35.4. The zero-order valence-corrected chi connectivity index (χ0v) is 35.4. The molecule has 0 aliphatic carbocycles. The van der Waals surface area contributed by atoms with E-state index >= 15 is 0 Å². The van der Waals surface area contributed by atoms with Crippen LogP contribution in [0.1, 0.15) is 93.4 Å². The Bertz CT molecular complexity index is 2340. The molecule has 314 valence electrons. The molecule has 4 atom stereocenters. The second-order valence-electron chi connectivity index (χ2n) is 16.5. The van der Waals surface area contributed by atoms with Gasteiger partial charge in [0.1, 0.15) is 48.4 Å². The predicted octanol–water partition coefficient (Wildman–Crippen LogP) is 7.57. The highest BCUT2D eigenvalue weighted by Crippen LogP contribution is 2.51. The van der Waals surface area contributed by atoms with Crippen LogP contribution in [0.2, 0.25) is 0 Å². The van der Waals surface area contributed by atoms with Crippen LogP contribution in [0.5, 0.6) is 11.5 Å². The highest BCUT2D eigenvalue weighted by Gasteiger charge is 2.38. The lowest BCUT2D eigenvalue weighted by Gasteiger charge is -2.33. The van der Waals surface area contributed by atoms with E-state index in [1.165, 1.54) is 7.11 Å². The molecule has 3 aliphatic rings. The minimum absolute atomic E-state index is 0.0762. The van der Waals surface area contributed by atoms with Gasteiger partial charge in [-0.25, -0.2) is 14.8 Å². The molecule has 14 heteroatoms. The third kappa shape index (κ3) is 7.60. The van der Waals surface area contributed by atoms with Crippen LogP contribution in [0.4, 0.5) is 4.79 Å². The summed E-state index contributed by atoms with van der Waals surface area (Å²) in [6.07, 6.45) is 5.47. The molecule has 1 saturated heterocycles. The number of ether oxygens (including phenoxy) is 3. The van der Waals surface area contributed by atoms with Gasteiger partial charge in [-0.2, -0.15) is 0 Å². The number of aromatic nitrogens is 4. The third-order valence-electron chi connectivity index (χ3n) is 11.9. The van der Waals surface area contributed by atoms with E-state index in [2.05, 4.69) is 33.5 Å². The molecular formula is C46H54N8O6. The summed E-state index contributed by atoms with van der Waals surface area (Å²) in [6, 6.07) is 16.6. The molecule has 2 aromatic heterocycles. The smallest absolute Gasteiger partial charge is 0.407 e. The normalized spacial score (nSPS) is 16.8. The number of likely N-dealkylation sites (tertiary alicyclic amines) is 1. The Morgan fingerprint density at radius 3 is 2.15 bits per heavy atom. The van der Waals surface area contributed by atoms with Gasteiger partial charge in [0.05, 0.1) is 43.0 Å². The molecule has 3 amide bonds. The summed E-state index contributed by atoms with van der Waals surface area (Å²) in [4.78, 5) is 62.2. The van der Waals surface area contributed by atoms with Crippen molar-refractivity contribution in [1.82, 2.24) is 40.0 Å². The number of methoxy groups -OCH3 is 1. The van der Waals surface area contributed by atoms with Crippen molar-refractivity contribution < 1.29 is 28.6 Å². The van der Waals surface area contributed by atoms with Crippen LogP contribution in [0, 0.1) is 5.92 Å². The van der Waals surface area contributed by atoms with Gasteiger partial charge in [0.2, 0.25) is 11.8 Å². The number of hydrogen-bond donors (Lipinski definition) is 3. The number of rotatable bonds is 13. The Balaban J connectivity index is 1.02. The Morgan fingerprint density at radius 2 is 1.55 bits per heavy atom. The number of imidazole rings is 2. The molecular weight excluding hydrogens is 761 g/mol. The van der Waals surface area contributed by atoms with E-state index in [1.54, 1.807) is 11.1 Å². The average molecular weight is 815 g/mol. The maximum atomic E-state index is 14.1. The van der Waals surface area contributed by atoms with Crippen LogP contribution in [0.3, 0.4) is 0 Å². The number of nitrogens with one attached hydrogen (secondary N) is 3. The number of amides is 3. The standard InChI is InChI=1S/C46H54N8O6/c1-8-16-53(44(55)40(26(2)3)51-46(57)58-7)27(4)42-47-22-33(49-42)29-18-31-24-60-37-21-30(19-32-25-59-36(20-29)38(31)39(32)37)34-23-48-43(50-34)35-15-12-17-54(35)45(56)41(52(5)6)28-13-10-9-11-14-28/h9-11,13-14,18-23,26-27,35,40-41H,8,12,15-17,24-25H2,1-7H3,(H,47,49)(H,48,50)(H,51,57)/t27-,35-,40-,41?/m0/s1. The quantitative estimate of drug-likeness (QED) is 0.109. The number of hydrogen-bond acceptors (Lipinski definition) is 9. The number of carbonyl (C=O) groups is 3. The molecule has 14 nitrogen and oxygen atoms in total. The van der Waals surface area contributed by atoms with E-state index in [4.69, 9.17) is 24.2 Å². The Hall–Kier alpha value is -6.15. The number of likely N-dealkylation sites (N-methyl/N-ethyl adjacent to an activating group) is 1. The molecule has 0 spiro atoms. The summed E-state index contributed by atoms with van der Waals surface area (Å²) < 4.78 is 17.7. The number of alkyl carbamates (subject to hydrolysis) is 1. The minimum Gasteiger partial charge on any atom is -0.488 e. The number of aromatic amines is 2. The average Bonchev–Trinajstić information content (AvgIpc) is 4.05. The topological polar surface area (TPSA) is 158 Å². The molecule has 5 aromatic rings. The molecule has 0 saturated carbocycles. The maximum Gasteiger partial charge on any atom is 0.407 e. The summed E-state index contributed by atoms with van der Waals surface area (Å²) in [7, 11) is 5.18. The highest BCUT2D eigenvalue weighted by atomic mass is 16.5. The molecule has 60 heavy (non-hydrogen) atoms. The van der Waals surface area contributed by atoms with Crippen LogP contribution >= 0.6 is 0 Å². The molecule has 3 N–H and O–H groups in total. The second-order valence-corrected chi connectivity index (χ2v) is 16.5. The fraction of sp³-hybridized carbons (Fsp3) is 0.413. The SMILES string of the molecule is CCCN(C(=O)[C@@H](NC(=O)OC)C(C)C)[C@@H](C)c1ncc(-c2cc3c4c(c2)OCc2cc(-c5cnc([C@@H]6CCCN6C(=O)C(c6ccccc6)N(C)C)[nH]5)cc(c2-4)OC3)[nH]1. The van der Waals surface area contributed by atoms with Crippen LogP contribution in [0.25, 0.3) is 33.6 Å². The van der Waals surface area contributed by atoms with Crippen molar-refractivity contribution in [1.29, 1.82) is 0 Å². The summed E-state index contributed by atoms with van der Waals surface area (Å²) in [5.41, 5.74) is 8.54. The lowest BCUT2D eigenvalue weighted by Crippen LogP contribution is -2.52.